The van der Waals surface area contributed by atoms with Gasteiger partial charge in [0.1, 0.15) is 18.2 Å². The summed E-state index contributed by atoms with van der Waals surface area (Å²) in [4.78, 5) is 20.2. The number of nitrogens with zero attached hydrogens (tertiary/aromatic N) is 3. The van der Waals surface area contributed by atoms with Gasteiger partial charge in [-0.25, -0.2) is 14.5 Å². The smallest absolute Gasteiger partial charge is 0.408 e. The summed E-state index contributed by atoms with van der Waals surface area (Å²) in [5, 5.41) is 8.74. The van der Waals surface area contributed by atoms with Crippen LogP contribution in [0.1, 0.15) is 49.5 Å². The molecule has 0 radical (unpaired) electrons. The first-order chi connectivity index (χ1) is 15.8. The first-order valence-electron chi connectivity index (χ1n) is 11.8. The Labute approximate surface area is 203 Å². The number of alkyl carbamates (subject to hydrolysis) is 1. The van der Waals surface area contributed by atoms with E-state index in [0.717, 1.165) is 40.4 Å². The zero-order chi connectivity index (χ0) is 25.1. The average molecular weight is 486 g/mol. The normalized spacial score (nSPS) is 13.3. The van der Waals surface area contributed by atoms with Gasteiger partial charge in [0.2, 0.25) is 0 Å². The van der Waals surface area contributed by atoms with Gasteiger partial charge in [-0.05, 0) is 57.9 Å². The van der Waals surface area contributed by atoms with Crippen molar-refractivity contribution in [3.05, 3.63) is 47.2 Å². The van der Waals surface area contributed by atoms with Crippen LogP contribution in [0.25, 0.3) is 10.9 Å². The Hall–Kier alpha value is -2.65. The van der Waals surface area contributed by atoms with Gasteiger partial charge in [-0.1, -0.05) is 25.7 Å². The van der Waals surface area contributed by atoms with Crippen molar-refractivity contribution in [2.75, 3.05) is 6.61 Å². The Morgan fingerprint density at radius 1 is 1.24 bits per heavy atom. The highest BCUT2D eigenvalue weighted by atomic mass is 28.3. The highest BCUT2D eigenvalue weighted by molar-refractivity contribution is 6.76. The third-order valence-corrected chi connectivity index (χ3v) is 7.01. The van der Waals surface area contributed by atoms with Crippen LogP contribution >= 0.6 is 0 Å². The van der Waals surface area contributed by atoms with Gasteiger partial charge in [0.05, 0.1) is 11.6 Å². The third-order valence-electron chi connectivity index (χ3n) is 5.31. The fourth-order valence-electron chi connectivity index (χ4n) is 3.67. The Balaban J connectivity index is 1.76. The second-order valence-electron chi connectivity index (χ2n) is 11.2. The molecule has 8 nitrogen and oxygen atoms in total. The van der Waals surface area contributed by atoms with Gasteiger partial charge in [-0.3, -0.25) is 0 Å². The van der Waals surface area contributed by atoms with E-state index in [1.807, 2.05) is 38.6 Å². The minimum atomic E-state index is -1.11. The molecule has 0 aliphatic heterocycles. The minimum Gasteiger partial charge on any atom is -0.444 e. The quantitative estimate of drug-likeness (QED) is 0.308. The van der Waals surface area contributed by atoms with Crippen molar-refractivity contribution in [2.24, 2.45) is 0 Å². The number of amides is 1. The first kappa shape index (κ1) is 26.0. The van der Waals surface area contributed by atoms with Gasteiger partial charge in [0.25, 0.3) is 0 Å². The van der Waals surface area contributed by atoms with Crippen LogP contribution < -0.4 is 5.32 Å². The molecule has 2 aromatic heterocycles. The second-order valence-corrected chi connectivity index (χ2v) is 16.8. The third kappa shape index (κ3) is 7.70. The van der Waals surface area contributed by atoms with Gasteiger partial charge in [0, 0.05) is 44.6 Å². The lowest BCUT2D eigenvalue weighted by atomic mass is 10.0. The van der Waals surface area contributed by atoms with Crippen molar-refractivity contribution >= 4 is 25.1 Å². The maximum Gasteiger partial charge on any atom is 0.408 e. The number of ether oxygens (including phenoxy) is 2. The van der Waals surface area contributed by atoms with Crippen LogP contribution in [0.5, 0.6) is 0 Å². The summed E-state index contributed by atoms with van der Waals surface area (Å²) >= 11 is 0. The van der Waals surface area contributed by atoms with E-state index in [-0.39, 0.29) is 6.04 Å². The lowest BCUT2D eigenvalue weighted by molar-refractivity contribution is 0.0501. The van der Waals surface area contributed by atoms with Gasteiger partial charge in [-0.15, -0.1) is 0 Å². The molecule has 0 saturated carbocycles. The van der Waals surface area contributed by atoms with Crippen molar-refractivity contribution in [1.82, 2.24) is 25.1 Å². The summed E-state index contributed by atoms with van der Waals surface area (Å²) in [5.74, 6) is 0.701. The summed E-state index contributed by atoms with van der Waals surface area (Å²) in [7, 11) is -1.11. The largest absolute Gasteiger partial charge is 0.444 e. The molecule has 34 heavy (non-hydrogen) atoms. The number of aromatic amines is 1. The van der Waals surface area contributed by atoms with Crippen molar-refractivity contribution in [1.29, 1.82) is 0 Å². The van der Waals surface area contributed by atoms with Crippen molar-refractivity contribution in [3.8, 4) is 0 Å². The molecule has 0 aliphatic rings. The monoisotopic (exact) mass is 485 g/mol. The Morgan fingerprint density at radius 2 is 1.97 bits per heavy atom. The maximum absolute atomic E-state index is 12.5. The SMILES string of the molecule is Cc1cnc(C(Cc2cc(C)c3nn(COCC[Si](C)(C)C)cc3c2)NC(=O)OC(C)(C)C)[nH]1. The molecule has 3 rings (SSSR count). The van der Waals surface area contributed by atoms with Crippen LogP contribution in [-0.2, 0) is 22.6 Å². The van der Waals surface area contributed by atoms with Crippen molar-refractivity contribution < 1.29 is 14.3 Å². The molecule has 2 N–H and O–H groups in total. The number of hydrogen-bond donors (Lipinski definition) is 2. The molecule has 0 saturated heterocycles. The number of fused-ring (bicyclic) bond motifs is 1. The number of hydrogen-bond acceptors (Lipinski definition) is 5. The standard InChI is InChI=1S/C25H39N5O3Si/c1-17-11-19(12-20-15-30(29-22(17)20)16-32-9-10-34(6,7)8)13-21(23-26-14-18(2)27-23)28-24(31)33-25(3,4)5/h11-12,14-15,21H,9-10,13,16H2,1-8H3,(H,26,27)(H,28,31). The number of benzene rings is 1. The van der Waals surface area contributed by atoms with E-state index in [0.29, 0.717) is 19.0 Å². The number of imidazole rings is 1. The van der Waals surface area contributed by atoms with Gasteiger partial charge in [-0.2, -0.15) is 5.10 Å². The molecular weight excluding hydrogens is 446 g/mol. The summed E-state index contributed by atoms with van der Waals surface area (Å²) in [5.41, 5.74) is 3.49. The molecule has 0 fully saturated rings. The zero-order valence-electron chi connectivity index (χ0n) is 21.8. The highest BCUT2D eigenvalue weighted by Crippen LogP contribution is 2.24. The van der Waals surface area contributed by atoms with Gasteiger partial charge in [0.15, 0.2) is 0 Å². The van der Waals surface area contributed by atoms with Crippen LogP contribution in [-0.4, -0.2) is 46.1 Å². The summed E-state index contributed by atoms with van der Waals surface area (Å²) < 4.78 is 13.2. The number of carbonyl (C=O) groups is 1. The maximum atomic E-state index is 12.5. The van der Waals surface area contributed by atoms with E-state index >= 15 is 0 Å². The highest BCUT2D eigenvalue weighted by Gasteiger charge is 2.23. The van der Waals surface area contributed by atoms with E-state index in [9.17, 15) is 4.79 Å². The van der Waals surface area contributed by atoms with Gasteiger partial charge >= 0.3 is 6.09 Å². The summed E-state index contributed by atoms with van der Waals surface area (Å²) in [6, 6.07) is 5.02. The molecule has 1 unspecified atom stereocenters. The first-order valence-corrected chi connectivity index (χ1v) is 15.6. The number of rotatable bonds is 9. The van der Waals surface area contributed by atoms with Crippen LogP contribution in [0.15, 0.2) is 24.5 Å². The molecule has 1 aromatic carbocycles. The fraction of sp³-hybridized carbons (Fsp3) is 0.560. The molecule has 1 atom stereocenters. The Kier molecular flexibility index (Phi) is 7.87. The number of carbonyl (C=O) groups excluding carboxylic acids is 1. The van der Waals surface area contributed by atoms with Crippen molar-refractivity contribution in [2.45, 2.75) is 85.1 Å². The molecule has 186 valence electrons. The van der Waals surface area contributed by atoms with Crippen LogP contribution in [0.4, 0.5) is 4.79 Å². The van der Waals surface area contributed by atoms with Crippen molar-refractivity contribution in [3.63, 3.8) is 0 Å². The van der Waals surface area contributed by atoms with Crippen LogP contribution in [0.3, 0.4) is 0 Å². The topological polar surface area (TPSA) is 94.1 Å². The summed E-state index contributed by atoms with van der Waals surface area (Å²) in [6.45, 7) is 17.8. The number of aryl methyl sites for hydroxylation is 2. The number of H-pyrrole nitrogens is 1. The van der Waals surface area contributed by atoms with E-state index in [4.69, 9.17) is 14.6 Å². The average Bonchev–Trinajstić information content (AvgIpc) is 3.29. The number of aromatic nitrogens is 4. The zero-order valence-corrected chi connectivity index (χ0v) is 22.8. The van der Waals surface area contributed by atoms with Crippen LogP contribution in [0, 0.1) is 13.8 Å². The van der Waals surface area contributed by atoms with Gasteiger partial charge < -0.3 is 19.8 Å². The molecule has 1 amide bonds. The van der Waals surface area contributed by atoms with E-state index in [2.05, 4.69) is 54.0 Å². The Morgan fingerprint density at radius 3 is 2.59 bits per heavy atom. The lowest BCUT2D eigenvalue weighted by Gasteiger charge is -2.23. The Bertz CT molecular complexity index is 1120. The van der Waals surface area contributed by atoms with E-state index < -0.39 is 19.8 Å². The van der Waals surface area contributed by atoms with E-state index in [1.54, 1.807) is 6.20 Å². The molecule has 0 aliphatic carbocycles. The molecule has 9 heteroatoms. The predicted molar refractivity (Wildman–Crippen MR) is 138 cm³/mol. The second kappa shape index (κ2) is 10.3. The molecule has 2 heterocycles. The molecule has 0 bridgehead atoms. The van der Waals surface area contributed by atoms with Crippen LogP contribution in [0.2, 0.25) is 25.7 Å². The predicted octanol–water partition coefficient (Wildman–Crippen LogP) is 5.50. The molecular formula is C25H39N5O3Si. The molecule has 0 spiro atoms. The summed E-state index contributed by atoms with van der Waals surface area (Å²) in [6.07, 6.45) is 3.89. The minimum absolute atomic E-state index is 0.347. The fourth-order valence-corrected chi connectivity index (χ4v) is 4.43. The van der Waals surface area contributed by atoms with E-state index in [1.165, 1.54) is 0 Å². The lowest BCUT2D eigenvalue weighted by Crippen LogP contribution is -2.36. The number of nitrogens with one attached hydrogen (secondary N) is 2. The molecule has 3 aromatic rings.